The Morgan fingerprint density at radius 3 is 2.59 bits per heavy atom. The van der Waals surface area contributed by atoms with Crippen LogP contribution in [0.5, 0.6) is 5.75 Å². The van der Waals surface area contributed by atoms with Crippen LogP contribution in [0.25, 0.3) is 0 Å². The standard InChI is InChI=1S/C18H29ClN2O/c1-3-21(15-8-6-5-7-9-15)17(13-20)16-12-14(19)10-11-18(16)22-4-2/h10-12,15,17H,3-9,13,20H2,1-2H3. The fourth-order valence-electron chi connectivity index (χ4n) is 3.65. The molecule has 1 fully saturated rings. The van der Waals surface area contributed by atoms with Gasteiger partial charge in [0.15, 0.2) is 0 Å². The van der Waals surface area contributed by atoms with Crippen LogP contribution < -0.4 is 10.5 Å². The highest BCUT2D eigenvalue weighted by Crippen LogP contribution is 2.35. The van der Waals surface area contributed by atoms with Crippen molar-refractivity contribution in [2.45, 2.75) is 58.0 Å². The molecule has 0 aromatic heterocycles. The molecule has 0 amide bonds. The third-order valence-corrected chi connectivity index (χ3v) is 4.90. The van der Waals surface area contributed by atoms with Crippen molar-refractivity contribution in [1.29, 1.82) is 0 Å². The number of benzene rings is 1. The molecule has 0 saturated heterocycles. The first kappa shape index (κ1) is 17.6. The maximum Gasteiger partial charge on any atom is 0.124 e. The van der Waals surface area contributed by atoms with Gasteiger partial charge in [0, 0.05) is 23.2 Å². The number of halogens is 1. The van der Waals surface area contributed by atoms with Crippen LogP contribution in [0.3, 0.4) is 0 Å². The smallest absolute Gasteiger partial charge is 0.124 e. The van der Waals surface area contributed by atoms with Crippen LogP contribution in [0, 0.1) is 0 Å². The minimum atomic E-state index is 0.174. The van der Waals surface area contributed by atoms with Crippen molar-refractivity contribution in [2.75, 3.05) is 19.7 Å². The van der Waals surface area contributed by atoms with Gasteiger partial charge in [0.25, 0.3) is 0 Å². The number of nitrogens with two attached hydrogens (primary N) is 1. The first-order valence-electron chi connectivity index (χ1n) is 8.59. The van der Waals surface area contributed by atoms with Crippen molar-refractivity contribution in [3.63, 3.8) is 0 Å². The van der Waals surface area contributed by atoms with E-state index in [-0.39, 0.29) is 6.04 Å². The lowest BCUT2D eigenvalue weighted by molar-refractivity contribution is 0.111. The highest BCUT2D eigenvalue weighted by molar-refractivity contribution is 6.30. The third-order valence-electron chi connectivity index (χ3n) is 4.66. The minimum absolute atomic E-state index is 0.174. The van der Waals surface area contributed by atoms with Crippen molar-refractivity contribution in [3.8, 4) is 5.75 Å². The number of ether oxygens (including phenoxy) is 1. The summed E-state index contributed by atoms with van der Waals surface area (Å²) in [6.45, 7) is 6.48. The molecule has 1 saturated carbocycles. The molecule has 1 aromatic rings. The summed E-state index contributed by atoms with van der Waals surface area (Å²) in [7, 11) is 0. The fraction of sp³-hybridized carbons (Fsp3) is 0.667. The van der Waals surface area contributed by atoms with Gasteiger partial charge in [-0.25, -0.2) is 0 Å². The summed E-state index contributed by atoms with van der Waals surface area (Å²) in [4.78, 5) is 2.55. The molecular formula is C18H29ClN2O. The van der Waals surface area contributed by atoms with Crippen LogP contribution in [-0.2, 0) is 0 Å². The molecule has 2 rings (SSSR count). The number of likely N-dealkylation sites (N-methyl/N-ethyl adjacent to an activating group) is 1. The van der Waals surface area contributed by atoms with Gasteiger partial charge in [-0.05, 0) is 44.5 Å². The maximum atomic E-state index is 6.24. The second kappa shape index (κ2) is 8.76. The molecule has 0 aliphatic heterocycles. The Hall–Kier alpha value is -0.770. The summed E-state index contributed by atoms with van der Waals surface area (Å²) in [5, 5.41) is 0.747. The Kier molecular flexibility index (Phi) is 7.00. The zero-order valence-electron chi connectivity index (χ0n) is 13.9. The summed E-state index contributed by atoms with van der Waals surface area (Å²) >= 11 is 6.24. The molecule has 0 spiro atoms. The molecule has 1 unspecified atom stereocenters. The van der Waals surface area contributed by atoms with Crippen molar-refractivity contribution in [2.24, 2.45) is 5.73 Å². The molecule has 4 heteroatoms. The lowest BCUT2D eigenvalue weighted by Gasteiger charge is -2.39. The lowest BCUT2D eigenvalue weighted by atomic mass is 9.91. The van der Waals surface area contributed by atoms with E-state index >= 15 is 0 Å². The van der Waals surface area contributed by atoms with Gasteiger partial charge in [-0.2, -0.15) is 0 Å². The molecule has 22 heavy (non-hydrogen) atoms. The monoisotopic (exact) mass is 324 g/mol. The zero-order valence-corrected chi connectivity index (χ0v) is 14.6. The van der Waals surface area contributed by atoms with E-state index in [0.717, 1.165) is 22.9 Å². The minimum Gasteiger partial charge on any atom is -0.494 e. The van der Waals surface area contributed by atoms with Gasteiger partial charge in [0.1, 0.15) is 5.75 Å². The van der Waals surface area contributed by atoms with Crippen molar-refractivity contribution < 1.29 is 4.74 Å². The second-order valence-electron chi connectivity index (χ2n) is 5.99. The van der Waals surface area contributed by atoms with Crippen LogP contribution in [0.15, 0.2) is 18.2 Å². The van der Waals surface area contributed by atoms with E-state index in [4.69, 9.17) is 22.1 Å². The van der Waals surface area contributed by atoms with E-state index in [9.17, 15) is 0 Å². The lowest BCUT2D eigenvalue weighted by Crippen LogP contribution is -2.42. The van der Waals surface area contributed by atoms with Crippen LogP contribution in [0.4, 0.5) is 0 Å². The Bertz CT molecular complexity index is 460. The average Bonchev–Trinajstić information content (AvgIpc) is 2.55. The van der Waals surface area contributed by atoms with E-state index in [1.54, 1.807) is 0 Å². The van der Waals surface area contributed by atoms with Crippen LogP contribution >= 0.6 is 11.6 Å². The normalized spacial score (nSPS) is 17.7. The van der Waals surface area contributed by atoms with Crippen molar-refractivity contribution >= 4 is 11.6 Å². The first-order valence-corrected chi connectivity index (χ1v) is 8.97. The zero-order chi connectivity index (χ0) is 15.9. The first-order chi connectivity index (χ1) is 10.7. The van der Waals surface area contributed by atoms with Crippen LogP contribution in [-0.4, -0.2) is 30.6 Å². The molecule has 124 valence electrons. The van der Waals surface area contributed by atoms with Gasteiger partial charge >= 0.3 is 0 Å². The quantitative estimate of drug-likeness (QED) is 0.808. The second-order valence-corrected chi connectivity index (χ2v) is 6.43. The molecular weight excluding hydrogens is 296 g/mol. The van der Waals surface area contributed by atoms with Gasteiger partial charge in [-0.15, -0.1) is 0 Å². The van der Waals surface area contributed by atoms with Gasteiger partial charge in [0.2, 0.25) is 0 Å². The molecule has 0 bridgehead atoms. The highest BCUT2D eigenvalue weighted by atomic mass is 35.5. The van der Waals surface area contributed by atoms with Crippen molar-refractivity contribution in [1.82, 2.24) is 4.90 Å². The van der Waals surface area contributed by atoms with Gasteiger partial charge < -0.3 is 10.5 Å². The number of rotatable bonds is 7. The number of hydrogen-bond acceptors (Lipinski definition) is 3. The Morgan fingerprint density at radius 2 is 2.00 bits per heavy atom. The molecule has 1 aliphatic rings. The molecule has 1 atom stereocenters. The SMILES string of the molecule is CCOc1ccc(Cl)cc1C(CN)N(CC)C1CCCCC1. The van der Waals surface area contributed by atoms with E-state index in [1.165, 1.54) is 32.1 Å². The van der Waals surface area contributed by atoms with Gasteiger partial charge in [-0.1, -0.05) is 37.8 Å². The van der Waals surface area contributed by atoms with Crippen molar-refractivity contribution in [3.05, 3.63) is 28.8 Å². The molecule has 1 aromatic carbocycles. The molecule has 0 radical (unpaired) electrons. The predicted octanol–water partition coefficient (Wildman–Crippen LogP) is 4.39. The average molecular weight is 325 g/mol. The summed E-state index contributed by atoms with van der Waals surface area (Å²) in [6.07, 6.45) is 6.56. The summed E-state index contributed by atoms with van der Waals surface area (Å²) in [6, 6.07) is 6.68. The van der Waals surface area contributed by atoms with E-state index in [1.807, 2.05) is 25.1 Å². The molecule has 2 N–H and O–H groups in total. The molecule has 0 heterocycles. The summed E-state index contributed by atoms with van der Waals surface area (Å²) in [5.74, 6) is 0.914. The topological polar surface area (TPSA) is 38.5 Å². The van der Waals surface area contributed by atoms with E-state index < -0.39 is 0 Å². The third kappa shape index (κ3) is 4.15. The largest absolute Gasteiger partial charge is 0.494 e. The van der Waals surface area contributed by atoms with Gasteiger partial charge in [0.05, 0.1) is 12.6 Å². The fourth-order valence-corrected chi connectivity index (χ4v) is 3.83. The Morgan fingerprint density at radius 1 is 1.27 bits per heavy atom. The van der Waals surface area contributed by atoms with E-state index in [2.05, 4.69) is 11.8 Å². The van der Waals surface area contributed by atoms with Crippen LogP contribution in [0.1, 0.15) is 57.6 Å². The predicted molar refractivity (Wildman–Crippen MR) is 93.7 cm³/mol. The van der Waals surface area contributed by atoms with E-state index in [0.29, 0.717) is 19.2 Å². The van der Waals surface area contributed by atoms with Crippen LogP contribution in [0.2, 0.25) is 5.02 Å². The molecule has 3 nitrogen and oxygen atoms in total. The summed E-state index contributed by atoms with van der Waals surface area (Å²) in [5.41, 5.74) is 7.29. The number of nitrogens with zero attached hydrogens (tertiary/aromatic N) is 1. The molecule has 1 aliphatic carbocycles. The van der Waals surface area contributed by atoms with Gasteiger partial charge in [-0.3, -0.25) is 4.90 Å². The Labute approximate surface area is 139 Å². The Balaban J connectivity index is 2.30. The number of hydrogen-bond donors (Lipinski definition) is 1. The maximum absolute atomic E-state index is 6.24. The highest BCUT2D eigenvalue weighted by Gasteiger charge is 2.28. The summed E-state index contributed by atoms with van der Waals surface area (Å²) < 4.78 is 5.82.